The third kappa shape index (κ3) is 3.13. The number of carboxylic acids is 1. The third-order valence-electron chi connectivity index (χ3n) is 2.88. The lowest BCUT2D eigenvalue weighted by Crippen LogP contribution is -2.34. The molecule has 1 aromatic carbocycles. The molecule has 0 spiro atoms. The highest BCUT2D eigenvalue weighted by atomic mass is 16.5. The second-order valence-electron chi connectivity index (χ2n) is 4.37. The number of benzene rings is 1. The van der Waals surface area contributed by atoms with Crippen LogP contribution in [0.1, 0.15) is 12.8 Å². The molecule has 98 valence electrons. The van der Waals surface area contributed by atoms with E-state index in [-0.39, 0.29) is 6.42 Å². The fraction of sp³-hybridized carbons (Fsp3) is 0.462. The van der Waals surface area contributed by atoms with Crippen LogP contribution < -0.4 is 9.64 Å². The summed E-state index contributed by atoms with van der Waals surface area (Å²) in [5, 5.41) is 18.4. The fourth-order valence-electron chi connectivity index (χ4n) is 2.11. The van der Waals surface area contributed by atoms with Crippen LogP contribution in [0.5, 0.6) is 5.75 Å². The van der Waals surface area contributed by atoms with Gasteiger partial charge in [0.25, 0.3) is 0 Å². The first-order chi connectivity index (χ1) is 8.66. The molecule has 1 atom stereocenters. The first-order valence-electron chi connectivity index (χ1n) is 6.03. The zero-order chi connectivity index (χ0) is 13.0. The second kappa shape index (κ2) is 5.73. The molecule has 1 aliphatic heterocycles. The molecule has 0 aromatic heterocycles. The maximum atomic E-state index is 10.6. The maximum absolute atomic E-state index is 10.6. The average Bonchev–Trinajstić information content (AvgIpc) is 2.51. The van der Waals surface area contributed by atoms with Crippen molar-refractivity contribution < 1.29 is 19.7 Å². The van der Waals surface area contributed by atoms with Gasteiger partial charge in [0.2, 0.25) is 0 Å². The van der Waals surface area contributed by atoms with Gasteiger partial charge in [0.1, 0.15) is 5.75 Å². The summed E-state index contributed by atoms with van der Waals surface area (Å²) in [6.07, 6.45) is -0.248. The largest absolute Gasteiger partial charge is 0.491 e. The summed E-state index contributed by atoms with van der Waals surface area (Å²) in [5.74, 6) is -0.195. The molecule has 0 radical (unpaired) electrons. The number of β-amino-alcohol motifs (C(OH)–C–C–N with tert-alkyl or cyclic N) is 1. The van der Waals surface area contributed by atoms with Crippen molar-refractivity contribution in [2.45, 2.75) is 18.9 Å². The van der Waals surface area contributed by atoms with E-state index in [1.807, 2.05) is 29.2 Å². The number of hydrogen-bond donors (Lipinski definition) is 2. The lowest BCUT2D eigenvalue weighted by atomic mass is 10.2. The van der Waals surface area contributed by atoms with Gasteiger partial charge < -0.3 is 19.8 Å². The van der Waals surface area contributed by atoms with Crippen molar-refractivity contribution in [3.05, 3.63) is 24.3 Å². The summed E-state index contributed by atoms with van der Waals surface area (Å²) < 4.78 is 5.60. The zero-order valence-corrected chi connectivity index (χ0v) is 10.1. The molecule has 2 rings (SSSR count). The number of ether oxygens (including phenoxy) is 1. The predicted molar refractivity (Wildman–Crippen MR) is 67.0 cm³/mol. The van der Waals surface area contributed by atoms with E-state index in [1.54, 1.807) is 0 Å². The number of aliphatic hydroxyl groups excluding tert-OH is 1. The Morgan fingerprint density at radius 3 is 3.00 bits per heavy atom. The normalized spacial score (nSPS) is 16.4. The van der Waals surface area contributed by atoms with Crippen molar-refractivity contribution in [1.82, 2.24) is 0 Å². The number of carbonyl (C=O) groups is 1. The fourth-order valence-corrected chi connectivity index (χ4v) is 2.11. The van der Waals surface area contributed by atoms with E-state index in [4.69, 9.17) is 9.84 Å². The van der Waals surface area contributed by atoms with Crippen LogP contribution in [0.4, 0.5) is 5.69 Å². The molecule has 0 bridgehead atoms. The SMILES string of the molecule is O=C(O)CC(O)CN1CCCOc2ccccc21. The predicted octanol–water partition coefficient (Wildman–Crippen LogP) is 1.11. The second-order valence-corrected chi connectivity index (χ2v) is 4.37. The molecular weight excluding hydrogens is 234 g/mol. The van der Waals surface area contributed by atoms with Gasteiger partial charge in [0.15, 0.2) is 0 Å². The molecule has 1 aromatic rings. The summed E-state index contributed by atoms with van der Waals surface area (Å²) >= 11 is 0. The summed E-state index contributed by atoms with van der Waals surface area (Å²) in [5.41, 5.74) is 0.916. The Morgan fingerprint density at radius 2 is 2.22 bits per heavy atom. The Kier molecular flexibility index (Phi) is 4.04. The van der Waals surface area contributed by atoms with Crippen LogP contribution in [0.2, 0.25) is 0 Å². The summed E-state index contributed by atoms with van der Waals surface area (Å²) in [6, 6.07) is 7.62. The molecule has 5 heteroatoms. The Morgan fingerprint density at radius 1 is 1.44 bits per heavy atom. The highest BCUT2D eigenvalue weighted by Gasteiger charge is 2.19. The zero-order valence-electron chi connectivity index (χ0n) is 10.1. The summed E-state index contributed by atoms with van der Waals surface area (Å²) in [7, 11) is 0. The van der Waals surface area contributed by atoms with Gasteiger partial charge in [-0.1, -0.05) is 12.1 Å². The Balaban J connectivity index is 2.10. The van der Waals surface area contributed by atoms with E-state index >= 15 is 0 Å². The number of nitrogens with zero attached hydrogens (tertiary/aromatic N) is 1. The van der Waals surface area contributed by atoms with Gasteiger partial charge in [-0.15, -0.1) is 0 Å². The van der Waals surface area contributed by atoms with Gasteiger partial charge in [-0.3, -0.25) is 4.79 Å². The van der Waals surface area contributed by atoms with Gasteiger partial charge >= 0.3 is 5.97 Å². The molecule has 5 nitrogen and oxygen atoms in total. The van der Waals surface area contributed by atoms with Gasteiger partial charge in [0, 0.05) is 13.1 Å². The molecule has 0 fully saturated rings. The van der Waals surface area contributed by atoms with Crippen molar-refractivity contribution in [2.75, 3.05) is 24.6 Å². The summed E-state index contributed by atoms with van der Waals surface area (Å²) in [4.78, 5) is 12.5. The molecular formula is C13H17NO4. The van der Waals surface area contributed by atoms with Crippen LogP contribution in [0.25, 0.3) is 0 Å². The number of aliphatic hydroxyl groups is 1. The van der Waals surface area contributed by atoms with Crippen molar-refractivity contribution in [3.8, 4) is 5.75 Å². The topological polar surface area (TPSA) is 70.0 Å². The number of fused-ring (bicyclic) bond motifs is 1. The lowest BCUT2D eigenvalue weighted by molar-refractivity contribution is -0.139. The highest BCUT2D eigenvalue weighted by Crippen LogP contribution is 2.30. The molecule has 18 heavy (non-hydrogen) atoms. The number of rotatable bonds is 4. The molecule has 1 heterocycles. The van der Waals surface area contributed by atoms with Crippen LogP contribution >= 0.6 is 0 Å². The third-order valence-corrected chi connectivity index (χ3v) is 2.88. The molecule has 2 N–H and O–H groups in total. The van der Waals surface area contributed by atoms with Crippen LogP contribution in [0, 0.1) is 0 Å². The van der Waals surface area contributed by atoms with Gasteiger partial charge in [-0.05, 0) is 18.6 Å². The highest BCUT2D eigenvalue weighted by molar-refractivity contribution is 5.67. The molecule has 0 amide bonds. The molecule has 0 saturated carbocycles. The number of hydrogen-bond acceptors (Lipinski definition) is 4. The van der Waals surface area contributed by atoms with Crippen molar-refractivity contribution in [1.29, 1.82) is 0 Å². The smallest absolute Gasteiger partial charge is 0.306 e. The first-order valence-corrected chi connectivity index (χ1v) is 6.03. The number of aliphatic carboxylic acids is 1. The van der Waals surface area contributed by atoms with Gasteiger partial charge in [-0.2, -0.15) is 0 Å². The maximum Gasteiger partial charge on any atom is 0.306 e. The van der Waals surface area contributed by atoms with E-state index in [0.29, 0.717) is 13.2 Å². The minimum Gasteiger partial charge on any atom is -0.491 e. The Labute approximate surface area is 106 Å². The minimum atomic E-state index is -0.984. The minimum absolute atomic E-state index is 0.237. The van der Waals surface area contributed by atoms with E-state index in [0.717, 1.165) is 24.4 Å². The average molecular weight is 251 g/mol. The lowest BCUT2D eigenvalue weighted by Gasteiger charge is -2.25. The number of carboxylic acid groups (broad SMARTS) is 1. The van der Waals surface area contributed by atoms with E-state index in [2.05, 4.69) is 0 Å². The van der Waals surface area contributed by atoms with Crippen LogP contribution in [0.3, 0.4) is 0 Å². The monoisotopic (exact) mass is 251 g/mol. The summed E-state index contributed by atoms with van der Waals surface area (Å²) in [6.45, 7) is 1.71. The Hall–Kier alpha value is -1.75. The first kappa shape index (κ1) is 12.7. The number of para-hydroxylation sites is 2. The van der Waals surface area contributed by atoms with Crippen LogP contribution in [0.15, 0.2) is 24.3 Å². The van der Waals surface area contributed by atoms with Crippen molar-refractivity contribution in [2.24, 2.45) is 0 Å². The number of anilines is 1. The van der Waals surface area contributed by atoms with Crippen molar-refractivity contribution in [3.63, 3.8) is 0 Å². The Bertz CT molecular complexity index is 421. The van der Waals surface area contributed by atoms with E-state index in [1.165, 1.54) is 0 Å². The van der Waals surface area contributed by atoms with Crippen LogP contribution in [-0.4, -0.2) is 42.0 Å². The van der Waals surface area contributed by atoms with Crippen LogP contribution in [-0.2, 0) is 4.79 Å². The molecule has 0 saturated heterocycles. The quantitative estimate of drug-likeness (QED) is 0.839. The molecule has 1 unspecified atom stereocenters. The van der Waals surface area contributed by atoms with Gasteiger partial charge in [-0.25, -0.2) is 0 Å². The van der Waals surface area contributed by atoms with E-state index < -0.39 is 12.1 Å². The standard InChI is InChI=1S/C13H17NO4/c15-10(8-13(16)17)9-14-6-3-7-18-12-5-2-1-4-11(12)14/h1-2,4-5,10,15H,3,6-9H2,(H,16,17). The van der Waals surface area contributed by atoms with E-state index in [9.17, 15) is 9.90 Å². The molecule has 0 aliphatic carbocycles. The molecule has 1 aliphatic rings. The van der Waals surface area contributed by atoms with Gasteiger partial charge in [0.05, 0.1) is 24.8 Å². The van der Waals surface area contributed by atoms with Crippen molar-refractivity contribution >= 4 is 11.7 Å².